The fourth-order valence-electron chi connectivity index (χ4n) is 3.38. The first-order chi connectivity index (χ1) is 12.7. The van der Waals surface area contributed by atoms with E-state index in [1.807, 2.05) is 24.4 Å². The van der Waals surface area contributed by atoms with Crippen LogP contribution in [0.25, 0.3) is 11.1 Å². The second kappa shape index (κ2) is 7.00. The summed E-state index contributed by atoms with van der Waals surface area (Å²) in [5.74, 6) is 0.927. The number of nitrogens with one attached hydrogen (secondary N) is 1. The zero-order chi connectivity index (χ0) is 17.9. The molecular formula is C22H20N2O2. The van der Waals surface area contributed by atoms with Gasteiger partial charge in [-0.1, -0.05) is 18.2 Å². The number of nitrogens with zero attached hydrogens (tertiary/aromatic N) is 1. The Kier molecular flexibility index (Phi) is 4.40. The van der Waals surface area contributed by atoms with E-state index >= 15 is 0 Å². The van der Waals surface area contributed by atoms with Crippen molar-refractivity contribution < 1.29 is 9.53 Å². The lowest BCUT2D eigenvalue weighted by atomic mass is 9.91. The highest BCUT2D eigenvalue weighted by Gasteiger charge is 2.19. The number of methoxy groups -OCH3 is 1. The number of carbonyl (C=O) groups excluding carboxylic acids is 1. The summed E-state index contributed by atoms with van der Waals surface area (Å²) in [5, 5.41) is 3.07. The average molecular weight is 344 g/mol. The SMILES string of the molecule is COc1ccc(Cc2cc(-c3cccnc3)cc3c2NC(=O)CC3)cc1. The maximum atomic E-state index is 11.9. The molecule has 2 aromatic carbocycles. The molecule has 0 spiro atoms. The third kappa shape index (κ3) is 3.31. The number of aryl methyl sites for hydroxylation is 1. The van der Waals surface area contributed by atoms with Gasteiger partial charge in [0.15, 0.2) is 0 Å². The normalized spacial score (nSPS) is 13.0. The standard InChI is InChI=1S/C22H20N2O2/c1-26-20-7-4-15(5-8-20)11-19-13-18(17-3-2-10-23-14-17)12-16-6-9-21(25)24-22(16)19/h2-5,7-8,10,12-14H,6,9,11H2,1H3,(H,24,25). The zero-order valence-corrected chi connectivity index (χ0v) is 14.7. The van der Waals surface area contributed by atoms with Crippen molar-refractivity contribution in [2.75, 3.05) is 12.4 Å². The lowest BCUT2D eigenvalue weighted by molar-refractivity contribution is -0.116. The van der Waals surface area contributed by atoms with Gasteiger partial charge in [-0.15, -0.1) is 0 Å². The summed E-state index contributed by atoms with van der Waals surface area (Å²) in [4.78, 5) is 16.2. The number of ether oxygens (including phenoxy) is 1. The van der Waals surface area contributed by atoms with E-state index in [-0.39, 0.29) is 5.91 Å². The van der Waals surface area contributed by atoms with Crippen LogP contribution in [0.4, 0.5) is 5.69 Å². The van der Waals surface area contributed by atoms with Crippen molar-refractivity contribution in [1.29, 1.82) is 0 Å². The minimum absolute atomic E-state index is 0.0857. The van der Waals surface area contributed by atoms with Gasteiger partial charge in [-0.2, -0.15) is 0 Å². The van der Waals surface area contributed by atoms with Crippen LogP contribution >= 0.6 is 0 Å². The van der Waals surface area contributed by atoms with Crippen LogP contribution in [-0.2, 0) is 17.6 Å². The summed E-state index contributed by atoms with van der Waals surface area (Å²) < 4.78 is 5.24. The molecule has 0 atom stereocenters. The number of benzene rings is 2. The second-order valence-corrected chi connectivity index (χ2v) is 6.48. The summed E-state index contributed by atoms with van der Waals surface area (Å²) >= 11 is 0. The van der Waals surface area contributed by atoms with Crippen LogP contribution in [0.5, 0.6) is 5.75 Å². The Morgan fingerprint density at radius 2 is 1.92 bits per heavy atom. The predicted molar refractivity (Wildman–Crippen MR) is 102 cm³/mol. The molecule has 1 N–H and O–H groups in total. The van der Waals surface area contributed by atoms with Gasteiger partial charge in [0.1, 0.15) is 5.75 Å². The van der Waals surface area contributed by atoms with Crippen LogP contribution in [0.3, 0.4) is 0 Å². The van der Waals surface area contributed by atoms with Crippen molar-refractivity contribution in [2.45, 2.75) is 19.3 Å². The Morgan fingerprint density at radius 1 is 1.08 bits per heavy atom. The van der Waals surface area contributed by atoms with Gasteiger partial charge in [-0.25, -0.2) is 0 Å². The first-order valence-electron chi connectivity index (χ1n) is 8.72. The predicted octanol–water partition coefficient (Wildman–Crippen LogP) is 4.23. The summed E-state index contributed by atoms with van der Waals surface area (Å²) in [7, 11) is 1.66. The molecule has 130 valence electrons. The third-order valence-electron chi connectivity index (χ3n) is 4.74. The number of hydrogen-bond acceptors (Lipinski definition) is 3. The first kappa shape index (κ1) is 16.3. The number of aromatic nitrogens is 1. The van der Waals surface area contributed by atoms with E-state index in [0.29, 0.717) is 6.42 Å². The van der Waals surface area contributed by atoms with Crippen molar-refractivity contribution in [1.82, 2.24) is 4.98 Å². The molecule has 0 saturated heterocycles. The molecule has 1 aromatic heterocycles. The average Bonchev–Trinajstić information content (AvgIpc) is 2.69. The van der Waals surface area contributed by atoms with E-state index in [0.717, 1.165) is 41.0 Å². The van der Waals surface area contributed by atoms with Crippen LogP contribution in [0.1, 0.15) is 23.1 Å². The number of fused-ring (bicyclic) bond motifs is 1. The highest BCUT2D eigenvalue weighted by atomic mass is 16.5. The fraction of sp³-hybridized carbons (Fsp3) is 0.182. The van der Waals surface area contributed by atoms with Gasteiger partial charge in [-0.05, 0) is 65.4 Å². The van der Waals surface area contributed by atoms with Crippen LogP contribution < -0.4 is 10.1 Å². The molecule has 0 saturated carbocycles. The van der Waals surface area contributed by atoms with Gasteiger partial charge in [0.05, 0.1) is 7.11 Å². The van der Waals surface area contributed by atoms with Crippen LogP contribution in [0.15, 0.2) is 60.9 Å². The van der Waals surface area contributed by atoms with E-state index in [9.17, 15) is 4.79 Å². The van der Waals surface area contributed by atoms with Crippen LogP contribution in [0, 0.1) is 0 Å². The van der Waals surface area contributed by atoms with Crippen LogP contribution in [-0.4, -0.2) is 18.0 Å². The quantitative estimate of drug-likeness (QED) is 0.770. The lowest BCUT2D eigenvalue weighted by Gasteiger charge is -2.22. The van der Waals surface area contributed by atoms with Crippen molar-refractivity contribution in [3.8, 4) is 16.9 Å². The molecule has 0 unspecified atom stereocenters. The van der Waals surface area contributed by atoms with Gasteiger partial charge in [0.2, 0.25) is 5.91 Å². The van der Waals surface area contributed by atoms with Gasteiger partial charge in [-0.3, -0.25) is 9.78 Å². The van der Waals surface area contributed by atoms with Gasteiger partial charge >= 0.3 is 0 Å². The van der Waals surface area contributed by atoms with Crippen molar-refractivity contribution in [3.63, 3.8) is 0 Å². The molecule has 0 fully saturated rings. The van der Waals surface area contributed by atoms with E-state index < -0.39 is 0 Å². The van der Waals surface area contributed by atoms with E-state index in [4.69, 9.17) is 4.74 Å². The maximum absolute atomic E-state index is 11.9. The fourth-order valence-corrected chi connectivity index (χ4v) is 3.38. The highest BCUT2D eigenvalue weighted by molar-refractivity contribution is 5.95. The Bertz CT molecular complexity index is 934. The number of pyridine rings is 1. The Labute approximate surface area is 152 Å². The molecule has 4 rings (SSSR count). The summed E-state index contributed by atoms with van der Waals surface area (Å²) in [6, 6.07) is 16.4. The smallest absolute Gasteiger partial charge is 0.224 e. The Hall–Kier alpha value is -3.14. The van der Waals surface area contributed by atoms with Gasteiger partial charge in [0.25, 0.3) is 0 Å². The molecule has 1 aliphatic heterocycles. The lowest BCUT2D eigenvalue weighted by Crippen LogP contribution is -2.20. The van der Waals surface area contributed by atoms with E-state index in [1.165, 1.54) is 11.1 Å². The summed E-state index contributed by atoms with van der Waals surface area (Å²) in [6.07, 6.45) is 5.71. The molecule has 0 aliphatic carbocycles. The molecule has 2 heterocycles. The highest BCUT2D eigenvalue weighted by Crippen LogP contribution is 2.34. The zero-order valence-electron chi connectivity index (χ0n) is 14.7. The molecule has 3 aromatic rings. The largest absolute Gasteiger partial charge is 0.497 e. The maximum Gasteiger partial charge on any atom is 0.224 e. The summed E-state index contributed by atoms with van der Waals surface area (Å²) in [6.45, 7) is 0. The summed E-state index contributed by atoms with van der Waals surface area (Å²) in [5.41, 5.74) is 6.68. The van der Waals surface area contributed by atoms with Crippen molar-refractivity contribution >= 4 is 11.6 Å². The number of hydrogen-bond donors (Lipinski definition) is 1. The van der Waals surface area contributed by atoms with E-state index in [2.05, 4.69) is 40.6 Å². The van der Waals surface area contributed by atoms with Crippen molar-refractivity contribution in [3.05, 3.63) is 77.6 Å². The molecule has 0 radical (unpaired) electrons. The van der Waals surface area contributed by atoms with Crippen LogP contribution in [0.2, 0.25) is 0 Å². The molecule has 4 nitrogen and oxygen atoms in total. The Balaban J connectivity index is 1.76. The van der Waals surface area contributed by atoms with Crippen molar-refractivity contribution in [2.24, 2.45) is 0 Å². The molecule has 4 heteroatoms. The molecule has 1 aliphatic rings. The number of rotatable bonds is 4. The number of amides is 1. The molecule has 1 amide bonds. The number of anilines is 1. The third-order valence-corrected chi connectivity index (χ3v) is 4.74. The van der Waals surface area contributed by atoms with Gasteiger partial charge < -0.3 is 10.1 Å². The molecule has 0 bridgehead atoms. The first-order valence-corrected chi connectivity index (χ1v) is 8.72. The minimum atomic E-state index is 0.0857. The monoisotopic (exact) mass is 344 g/mol. The minimum Gasteiger partial charge on any atom is -0.497 e. The van der Waals surface area contributed by atoms with Gasteiger partial charge in [0, 0.05) is 30.1 Å². The Morgan fingerprint density at radius 3 is 2.65 bits per heavy atom. The topological polar surface area (TPSA) is 51.2 Å². The molecule has 26 heavy (non-hydrogen) atoms. The number of carbonyl (C=O) groups is 1. The van der Waals surface area contributed by atoms with E-state index in [1.54, 1.807) is 13.3 Å². The second-order valence-electron chi connectivity index (χ2n) is 6.48. The molecular weight excluding hydrogens is 324 g/mol.